The van der Waals surface area contributed by atoms with Crippen LogP contribution in [0.1, 0.15) is 37.4 Å². The van der Waals surface area contributed by atoms with E-state index in [1.807, 2.05) is 6.92 Å². The van der Waals surface area contributed by atoms with Crippen LogP contribution in [-0.2, 0) is 6.42 Å². The van der Waals surface area contributed by atoms with Gasteiger partial charge in [0.2, 0.25) is 0 Å². The van der Waals surface area contributed by atoms with E-state index in [1.54, 1.807) is 0 Å². The van der Waals surface area contributed by atoms with Gasteiger partial charge < -0.3 is 10.6 Å². The van der Waals surface area contributed by atoms with Crippen molar-refractivity contribution in [1.82, 2.24) is 0 Å². The Kier molecular flexibility index (Phi) is 2.96. The van der Waals surface area contributed by atoms with Crippen LogP contribution in [0, 0.1) is 0 Å². The maximum absolute atomic E-state index is 5.89. The highest BCUT2D eigenvalue weighted by Crippen LogP contribution is 2.30. The van der Waals surface area contributed by atoms with E-state index < -0.39 is 0 Å². The van der Waals surface area contributed by atoms with Gasteiger partial charge in [-0.2, -0.15) is 0 Å². The number of nitrogens with two attached hydrogens (primary N) is 1. The lowest BCUT2D eigenvalue weighted by atomic mass is 10.0. The highest BCUT2D eigenvalue weighted by molar-refractivity contribution is 5.59. The summed E-state index contributed by atoms with van der Waals surface area (Å²) < 4.78 is 0. The molecule has 82 valence electrons. The first-order valence-electron chi connectivity index (χ1n) is 5.85. The number of benzene rings is 1. The summed E-state index contributed by atoms with van der Waals surface area (Å²) in [6.45, 7) is 6.62. The van der Waals surface area contributed by atoms with Gasteiger partial charge in [0.1, 0.15) is 0 Å². The molecule has 1 unspecified atom stereocenters. The van der Waals surface area contributed by atoms with Crippen LogP contribution in [0.4, 0.5) is 5.69 Å². The quantitative estimate of drug-likeness (QED) is 0.819. The van der Waals surface area contributed by atoms with E-state index in [4.69, 9.17) is 5.73 Å². The molecule has 0 saturated carbocycles. The van der Waals surface area contributed by atoms with Gasteiger partial charge in [0.15, 0.2) is 0 Å². The van der Waals surface area contributed by atoms with Gasteiger partial charge in [-0.05, 0) is 37.0 Å². The van der Waals surface area contributed by atoms with Gasteiger partial charge in [0.05, 0.1) is 0 Å². The predicted molar refractivity (Wildman–Crippen MR) is 65.3 cm³/mol. The van der Waals surface area contributed by atoms with Crippen LogP contribution >= 0.6 is 0 Å². The molecule has 1 aromatic rings. The lowest BCUT2D eigenvalue weighted by Crippen LogP contribution is -2.20. The van der Waals surface area contributed by atoms with Gasteiger partial charge in [-0.3, -0.25) is 0 Å². The van der Waals surface area contributed by atoms with E-state index in [-0.39, 0.29) is 6.04 Å². The first kappa shape index (κ1) is 10.5. The minimum absolute atomic E-state index is 0.149. The van der Waals surface area contributed by atoms with Crippen molar-refractivity contribution in [2.75, 3.05) is 18.0 Å². The van der Waals surface area contributed by atoms with E-state index in [0.29, 0.717) is 0 Å². The summed E-state index contributed by atoms with van der Waals surface area (Å²) in [5.41, 5.74) is 10.0. The second kappa shape index (κ2) is 4.23. The van der Waals surface area contributed by atoms with Gasteiger partial charge in [-0.15, -0.1) is 0 Å². The summed E-state index contributed by atoms with van der Waals surface area (Å²) in [4.78, 5) is 2.47. The summed E-state index contributed by atoms with van der Waals surface area (Å²) in [5, 5.41) is 0. The normalized spacial score (nSPS) is 16.6. The summed E-state index contributed by atoms with van der Waals surface area (Å²) in [6.07, 6.45) is 2.39. The van der Waals surface area contributed by atoms with Crippen molar-refractivity contribution in [3.8, 4) is 0 Å². The molecule has 0 aliphatic carbocycles. The fourth-order valence-electron chi connectivity index (χ4n) is 2.28. The number of nitrogens with zero attached hydrogens (tertiary/aromatic N) is 1. The standard InChI is InChI=1S/C13H20N2/c1-3-7-15-8-6-12-9-11(10(2)14)4-5-13(12)15/h4-5,9-10H,3,6-8,14H2,1-2H3. The minimum atomic E-state index is 0.149. The Bertz CT molecular complexity index is 344. The molecule has 2 N–H and O–H groups in total. The Balaban J connectivity index is 2.25. The average Bonchev–Trinajstić information content (AvgIpc) is 2.61. The van der Waals surface area contributed by atoms with Crippen LogP contribution in [0.3, 0.4) is 0 Å². The summed E-state index contributed by atoms with van der Waals surface area (Å²) in [6, 6.07) is 6.82. The molecule has 2 rings (SSSR count). The van der Waals surface area contributed by atoms with Gasteiger partial charge >= 0.3 is 0 Å². The number of hydrogen-bond donors (Lipinski definition) is 1. The van der Waals surface area contributed by atoms with Crippen LogP contribution in [-0.4, -0.2) is 13.1 Å². The molecular formula is C13H20N2. The molecule has 1 heterocycles. The second-order valence-electron chi connectivity index (χ2n) is 4.41. The van der Waals surface area contributed by atoms with Crippen molar-refractivity contribution in [3.63, 3.8) is 0 Å². The van der Waals surface area contributed by atoms with Crippen molar-refractivity contribution in [3.05, 3.63) is 29.3 Å². The Hall–Kier alpha value is -1.02. The molecule has 0 radical (unpaired) electrons. The molecular weight excluding hydrogens is 184 g/mol. The highest BCUT2D eigenvalue weighted by Gasteiger charge is 2.18. The molecule has 0 aromatic heterocycles. The maximum Gasteiger partial charge on any atom is 0.0399 e. The molecule has 0 spiro atoms. The Labute approximate surface area is 92.1 Å². The van der Waals surface area contributed by atoms with Crippen LogP contribution in [0.15, 0.2) is 18.2 Å². The Morgan fingerprint density at radius 3 is 2.93 bits per heavy atom. The topological polar surface area (TPSA) is 29.3 Å². The maximum atomic E-state index is 5.89. The zero-order chi connectivity index (χ0) is 10.8. The Morgan fingerprint density at radius 1 is 1.47 bits per heavy atom. The zero-order valence-corrected chi connectivity index (χ0v) is 9.66. The van der Waals surface area contributed by atoms with Gasteiger partial charge in [-0.25, -0.2) is 0 Å². The molecule has 2 nitrogen and oxygen atoms in total. The first-order valence-corrected chi connectivity index (χ1v) is 5.85. The SMILES string of the molecule is CCCN1CCc2cc(C(C)N)ccc21. The van der Waals surface area contributed by atoms with Crippen LogP contribution in [0.5, 0.6) is 0 Å². The van der Waals surface area contributed by atoms with Gasteiger partial charge in [0, 0.05) is 24.8 Å². The predicted octanol–water partition coefficient (Wildman–Crippen LogP) is 2.48. The van der Waals surface area contributed by atoms with Crippen molar-refractivity contribution in [2.24, 2.45) is 5.73 Å². The van der Waals surface area contributed by atoms with Crippen LogP contribution < -0.4 is 10.6 Å². The number of fused-ring (bicyclic) bond motifs is 1. The number of rotatable bonds is 3. The molecule has 1 aliphatic heterocycles. The molecule has 0 bridgehead atoms. The monoisotopic (exact) mass is 204 g/mol. The van der Waals surface area contributed by atoms with E-state index in [2.05, 4.69) is 30.0 Å². The fraction of sp³-hybridized carbons (Fsp3) is 0.538. The Morgan fingerprint density at radius 2 is 2.27 bits per heavy atom. The fourth-order valence-corrected chi connectivity index (χ4v) is 2.28. The molecule has 2 heteroatoms. The number of hydrogen-bond acceptors (Lipinski definition) is 2. The summed E-state index contributed by atoms with van der Waals surface area (Å²) in [7, 11) is 0. The molecule has 0 amide bonds. The van der Waals surface area contributed by atoms with Crippen LogP contribution in [0.25, 0.3) is 0 Å². The summed E-state index contributed by atoms with van der Waals surface area (Å²) >= 11 is 0. The van der Waals surface area contributed by atoms with Crippen molar-refractivity contribution in [2.45, 2.75) is 32.7 Å². The molecule has 0 saturated heterocycles. The smallest absolute Gasteiger partial charge is 0.0399 e. The van der Waals surface area contributed by atoms with Crippen molar-refractivity contribution < 1.29 is 0 Å². The van der Waals surface area contributed by atoms with E-state index in [1.165, 1.54) is 42.7 Å². The summed E-state index contributed by atoms with van der Waals surface area (Å²) in [5.74, 6) is 0. The molecule has 0 fully saturated rings. The molecule has 1 atom stereocenters. The van der Waals surface area contributed by atoms with Crippen molar-refractivity contribution >= 4 is 5.69 Å². The average molecular weight is 204 g/mol. The third kappa shape index (κ3) is 2.00. The zero-order valence-electron chi connectivity index (χ0n) is 9.66. The number of anilines is 1. The van der Waals surface area contributed by atoms with Crippen LogP contribution in [0.2, 0.25) is 0 Å². The van der Waals surface area contributed by atoms with E-state index in [0.717, 1.165) is 0 Å². The minimum Gasteiger partial charge on any atom is -0.371 e. The third-order valence-corrected chi connectivity index (χ3v) is 3.11. The molecule has 1 aromatic carbocycles. The van der Waals surface area contributed by atoms with Gasteiger partial charge in [-0.1, -0.05) is 19.1 Å². The largest absolute Gasteiger partial charge is 0.371 e. The van der Waals surface area contributed by atoms with E-state index in [9.17, 15) is 0 Å². The third-order valence-electron chi connectivity index (χ3n) is 3.11. The second-order valence-corrected chi connectivity index (χ2v) is 4.41. The molecule has 15 heavy (non-hydrogen) atoms. The van der Waals surface area contributed by atoms with E-state index >= 15 is 0 Å². The molecule has 1 aliphatic rings. The lowest BCUT2D eigenvalue weighted by Gasteiger charge is -2.18. The van der Waals surface area contributed by atoms with Gasteiger partial charge in [0.25, 0.3) is 0 Å². The lowest BCUT2D eigenvalue weighted by molar-refractivity contribution is 0.796. The van der Waals surface area contributed by atoms with Crippen molar-refractivity contribution in [1.29, 1.82) is 0 Å². The highest BCUT2D eigenvalue weighted by atomic mass is 15.1. The first-order chi connectivity index (χ1) is 7.22.